The molecule has 4 aromatic rings. The summed E-state index contributed by atoms with van der Waals surface area (Å²) >= 11 is 0. The van der Waals surface area contributed by atoms with Gasteiger partial charge in [0.2, 0.25) is 0 Å². The smallest absolute Gasteiger partial charge is 0.310 e. The lowest BCUT2D eigenvalue weighted by molar-refractivity contribution is -0.142. The number of carboxylic acids is 1. The number of nitrogens with one attached hydrogen (secondary N) is 1. The second-order valence-electron chi connectivity index (χ2n) is 8.51. The number of benzene rings is 2. The SMILES string of the molecule is Cc1ccc(-c2c(C(C)C)c(N3CC(C(=O)O)C3)nc3cc4[nH]ncc4cc23)cc1. The van der Waals surface area contributed by atoms with Crippen LogP contribution in [0.4, 0.5) is 5.82 Å². The molecule has 6 nitrogen and oxygen atoms in total. The first-order chi connectivity index (χ1) is 14.4. The Labute approximate surface area is 174 Å². The summed E-state index contributed by atoms with van der Waals surface area (Å²) in [7, 11) is 0. The zero-order valence-corrected chi connectivity index (χ0v) is 17.3. The summed E-state index contributed by atoms with van der Waals surface area (Å²) in [6, 6.07) is 12.8. The topological polar surface area (TPSA) is 82.1 Å². The zero-order valence-electron chi connectivity index (χ0n) is 17.3. The van der Waals surface area contributed by atoms with Gasteiger partial charge in [-0.05, 0) is 36.1 Å². The van der Waals surface area contributed by atoms with E-state index in [0.29, 0.717) is 13.1 Å². The van der Waals surface area contributed by atoms with E-state index in [0.717, 1.165) is 38.8 Å². The maximum atomic E-state index is 11.4. The van der Waals surface area contributed by atoms with E-state index in [1.54, 1.807) is 0 Å². The fraction of sp³-hybridized carbons (Fsp3) is 0.292. The minimum Gasteiger partial charge on any atom is -0.481 e. The van der Waals surface area contributed by atoms with Crippen LogP contribution in [0.25, 0.3) is 32.9 Å². The van der Waals surface area contributed by atoms with E-state index < -0.39 is 5.97 Å². The summed E-state index contributed by atoms with van der Waals surface area (Å²) in [5, 5.41) is 18.7. The Kier molecular flexibility index (Phi) is 4.24. The van der Waals surface area contributed by atoms with E-state index in [2.05, 4.69) is 66.2 Å². The molecule has 0 bridgehead atoms. The molecular weight excluding hydrogens is 376 g/mol. The van der Waals surface area contributed by atoms with E-state index in [-0.39, 0.29) is 11.8 Å². The van der Waals surface area contributed by atoms with Gasteiger partial charge in [-0.1, -0.05) is 43.7 Å². The Bertz CT molecular complexity index is 1270. The number of nitrogens with zero attached hydrogens (tertiary/aromatic N) is 3. The molecule has 30 heavy (non-hydrogen) atoms. The lowest BCUT2D eigenvalue weighted by Crippen LogP contribution is -2.51. The Hall–Kier alpha value is -3.41. The Morgan fingerprint density at radius 3 is 2.60 bits per heavy atom. The van der Waals surface area contributed by atoms with E-state index in [1.807, 2.05) is 12.3 Å². The molecule has 0 unspecified atom stereocenters. The molecule has 3 heterocycles. The molecule has 1 fully saturated rings. The fourth-order valence-corrected chi connectivity index (χ4v) is 4.33. The van der Waals surface area contributed by atoms with Crippen molar-refractivity contribution in [3.8, 4) is 11.1 Å². The van der Waals surface area contributed by atoms with E-state index in [9.17, 15) is 9.90 Å². The number of aromatic nitrogens is 3. The monoisotopic (exact) mass is 400 g/mol. The third-order valence-electron chi connectivity index (χ3n) is 6.01. The number of hydrogen-bond acceptors (Lipinski definition) is 4. The molecule has 5 rings (SSSR count). The third kappa shape index (κ3) is 2.91. The number of H-pyrrole nitrogens is 1. The van der Waals surface area contributed by atoms with Crippen molar-refractivity contribution < 1.29 is 9.90 Å². The first kappa shape index (κ1) is 18.6. The number of aliphatic carboxylic acids is 1. The molecule has 1 aliphatic heterocycles. The summed E-state index contributed by atoms with van der Waals surface area (Å²) in [6.07, 6.45) is 1.84. The van der Waals surface area contributed by atoms with Crippen LogP contribution in [-0.4, -0.2) is 39.3 Å². The highest BCUT2D eigenvalue weighted by Crippen LogP contribution is 2.43. The first-order valence-electron chi connectivity index (χ1n) is 10.3. The number of carboxylic acid groups (broad SMARTS) is 1. The second kappa shape index (κ2) is 6.83. The van der Waals surface area contributed by atoms with Crippen LogP contribution in [0, 0.1) is 12.8 Å². The van der Waals surface area contributed by atoms with Gasteiger partial charge in [-0.25, -0.2) is 4.98 Å². The molecule has 0 amide bonds. The number of aromatic amines is 1. The minimum atomic E-state index is -0.740. The number of aryl methyl sites for hydroxylation is 1. The summed E-state index contributed by atoms with van der Waals surface area (Å²) in [5.41, 5.74) is 6.54. The largest absolute Gasteiger partial charge is 0.481 e. The molecule has 2 N–H and O–H groups in total. The van der Waals surface area contributed by atoms with Crippen LogP contribution in [0.2, 0.25) is 0 Å². The maximum Gasteiger partial charge on any atom is 0.310 e. The van der Waals surface area contributed by atoms with Gasteiger partial charge in [0.05, 0.1) is 23.1 Å². The van der Waals surface area contributed by atoms with Crippen molar-refractivity contribution in [3.05, 3.63) is 53.7 Å². The third-order valence-corrected chi connectivity index (χ3v) is 6.01. The highest BCUT2D eigenvalue weighted by atomic mass is 16.4. The van der Waals surface area contributed by atoms with Crippen LogP contribution in [0.5, 0.6) is 0 Å². The number of fused-ring (bicyclic) bond motifs is 2. The van der Waals surface area contributed by atoms with Crippen LogP contribution in [-0.2, 0) is 4.79 Å². The highest BCUT2D eigenvalue weighted by Gasteiger charge is 2.36. The van der Waals surface area contributed by atoms with Gasteiger partial charge in [0.1, 0.15) is 5.82 Å². The fourth-order valence-electron chi connectivity index (χ4n) is 4.33. The van der Waals surface area contributed by atoms with Crippen LogP contribution in [0.3, 0.4) is 0 Å². The maximum absolute atomic E-state index is 11.4. The first-order valence-corrected chi connectivity index (χ1v) is 10.3. The molecule has 2 aromatic carbocycles. The van der Waals surface area contributed by atoms with Gasteiger partial charge in [0, 0.05) is 29.4 Å². The van der Waals surface area contributed by atoms with Crippen molar-refractivity contribution in [1.82, 2.24) is 15.2 Å². The molecule has 0 radical (unpaired) electrons. The van der Waals surface area contributed by atoms with Crippen LogP contribution >= 0.6 is 0 Å². The highest BCUT2D eigenvalue weighted by molar-refractivity contribution is 6.05. The van der Waals surface area contributed by atoms with E-state index in [1.165, 1.54) is 11.1 Å². The molecule has 6 heteroatoms. The zero-order chi connectivity index (χ0) is 21.0. The van der Waals surface area contributed by atoms with Crippen LogP contribution < -0.4 is 4.90 Å². The van der Waals surface area contributed by atoms with Gasteiger partial charge in [0.15, 0.2) is 0 Å². The molecule has 0 aliphatic carbocycles. The van der Waals surface area contributed by atoms with Crippen LogP contribution in [0.15, 0.2) is 42.6 Å². The molecule has 1 aliphatic rings. The van der Waals surface area contributed by atoms with E-state index in [4.69, 9.17) is 4.98 Å². The summed E-state index contributed by atoms with van der Waals surface area (Å²) < 4.78 is 0. The molecule has 2 aromatic heterocycles. The molecule has 0 saturated carbocycles. The Morgan fingerprint density at radius 2 is 1.93 bits per heavy atom. The van der Waals surface area contributed by atoms with Gasteiger partial charge >= 0.3 is 5.97 Å². The van der Waals surface area contributed by atoms with Gasteiger partial charge < -0.3 is 10.0 Å². The van der Waals surface area contributed by atoms with Gasteiger partial charge in [0.25, 0.3) is 0 Å². The minimum absolute atomic E-state index is 0.233. The van der Waals surface area contributed by atoms with Gasteiger partial charge in [-0.3, -0.25) is 9.89 Å². The van der Waals surface area contributed by atoms with Crippen molar-refractivity contribution in [2.45, 2.75) is 26.7 Å². The summed E-state index contributed by atoms with van der Waals surface area (Å²) in [6.45, 7) is 7.43. The summed E-state index contributed by atoms with van der Waals surface area (Å²) in [4.78, 5) is 18.5. The average molecular weight is 400 g/mol. The predicted molar refractivity (Wildman–Crippen MR) is 119 cm³/mol. The molecule has 0 spiro atoms. The summed E-state index contributed by atoms with van der Waals surface area (Å²) in [5.74, 6) is 0.0538. The lowest BCUT2D eigenvalue weighted by atomic mass is 9.87. The predicted octanol–water partition coefficient (Wildman–Crippen LogP) is 4.73. The average Bonchev–Trinajstić information content (AvgIpc) is 3.11. The van der Waals surface area contributed by atoms with Crippen LogP contribution in [0.1, 0.15) is 30.9 Å². The van der Waals surface area contributed by atoms with Crippen molar-refractivity contribution >= 4 is 33.6 Å². The second-order valence-corrected chi connectivity index (χ2v) is 8.51. The van der Waals surface area contributed by atoms with Gasteiger partial charge in [-0.15, -0.1) is 0 Å². The van der Waals surface area contributed by atoms with Crippen molar-refractivity contribution in [2.24, 2.45) is 5.92 Å². The number of carbonyl (C=O) groups is 1. The van der Waals surface area contributed by atoms with Crippen molar-refractivity contribution in [3.63, 3.8) is 0 Å². The normalized spacial score (nSPS) is 14.6. The van der Waals surface area contributed by atoms with Gasteiger partial charge in [-0.2, -0.15) is 5.10 Å². The quantitative estimate of drug-likeness (QED) is 0.517. The molecular formula is C24H24N4O2. The Morgan fingerprint density at radius 1 is 1.20 bits per heavy atom. The Balaban J connectivity index is 1.81. The molecule has 152 valence electrons. The van der Waals surface area contributed by atoms with Crippen molar-refractivity contribution in [1.29, 1.82) is 0 Å². The molecule has 1 saturated heterocycles. The number of pyridine rings is 1. The number of anilines is 1. The standard InChI is InChI=1S/C24H24N4O2/c1-13(2)21-22(15-6-4-14(3)5-7-15)18-8-16-10-25-27-19(16)9-20(18)26-23(21)28-11-17(12-28)24(29)30/h4-10,13,17H,11-12H2,1-3H3,(H,25,27)(H,29,30). The van der Waals surface area contributed by atoms with E-state index >= 15 is 0 Å². The number of rotatable bonds is 4. The number of hydrogen-bond donors (Lipinski definition) is 2. The lowest BCUT2D eigenvalue weighted by Gasteiger charge is -2.40. The molecule has 0 atom stereocenters. The van der Waals surface area contributed by atoms with Crippen molar-refractivity contribution in [2.75, 3.05) is 18.0 Å².